The second-order valence-corrected chi connectivity index (χ2v) is 18.7. The van der Waals surface area contributed by atoms with Crippen LogP contribution in [0.15, 0.2) is 143 Å². The van der Waals surface area contributed by atoms with Crippen molar-refractivity contribution in [3.05, 3.63) is 208 Å². The summed E-state index contributed by atoms with van der Waals surface area (Å²) in [5.74, 6) is -1.66. The van der Waals surface area contributed by atoms with E-state index in [-0.39, 0.29) is 22.8 Å². The van der Waals surface area contributed by atoms with Crippen molar-refractivity contribution in [2.75, 3.05) is 0 Å². The molecule has 0 fully saturated rings. The summed E-state index contributed by atoms with van der Waals surface area (Å²) in [5.41, 5.74) is 4.63. The second-order valence-electron chi connectivity index (χ2n) is 15.1. The zero-order chi connectivity index (χ0) is 43.8. The molecule has 0 spiro atoms. The van der Waals surface area contributed by atoms with Crippen LogP contribution in [-0.2, 0) is 25.7 Å². The van der Waals surface area contributed by atoms with Crippen LogP contribution in [-0.4, -0.2) is 43.6 Å². The molecular formula is C48H40N8O4S4. The number of carbonyl (C=O) groups excluding carboxylic acids is 4. The van der Waals surface area contributed by atoms with Gasteiger partial charge in [-0.25, -0.2) is 19.9 Å². The van der Waals surface area contributed by atoms with E-state index in [0.29, 0.717) is 45.7 Å². The van der Waals surface area contributed by atoms with E-state index in [0.717, 1.165) is 22.3 Å². The van der Waals surface area contributed by atoms with E-state index in [1.54, 1.807) is 21.5 Å². The van der Waals surface area contributed by atoms with Gasteiger partial charge in [0.25, 0.3) is 23.6 Å². The van der Waals surface area contributed by atoms with Crippen molar-refractivity contribution >= 4 is 69.0 Å². The summed E-state index contributed by atoms with van der Waals surface area (Å²) in [7, 11) is 0. The van der Waals surface area contributed by atoms with Gasteiger partial charge in [-0.2, -0.15) is 0 Å². The number of hydrogen-bond acceptors (Lipinski definition) is 12. The van der Waals surface area contributed by atoms with Gasteiger partial charge in [-0.3, -0.25) is 19.2 Å². The monoisotopic (exact) mass is 920 g/mol. The number of benzene rings is 4. The first kappa shape index (κ1) is 42.6. The SMILES string of the molecule is O=C1N[C@@H](Cc2ccccc2)c2nc(cs2)C(=O)N[C@@H](Cc2ccccc2)c2nc(cs2)C(=O)N[C@H](Cc2ccccc2)c2nc(cs2)C(=O)N[C@H](Cc2ccccc2)c2nc1cs2. The number of hydrogen-bond donors (Lipinski definition) is 4. The highest BCUT2D eigenvalue weighted by atomic mass is 32.1. The highest BCUT2D eigenvalue weighted by Gasteiger charge is 2.29. The fraction of sp³-hybridized carbons (Fsp3) is 0.167. The van der Waals surface area contributed by atoms with Gasteiger partial charge in [0, 0.05) is 21.5 Å². The molecule has 16 heteroatoms. The number of nitrogens with zero attached hydrogens (tertiary/aromatic N) is 4. The molecule has 1 aliphatic heterocycles. The molecule has 1 aliphatic rings. The van der Waals surface area contributed by atoms with E-state index in [1.165, 1.54) is 45.3 Å². The first-order valence-corrected chi connectivity index (χ1v) is 24.0. The summed E-state index contributed by atoms with van der Waals surface area (Å²) in [6.07, 6.45) is 1.64. The van der Waals surface area contributed by atoms with E-state index in [9.17, 15) is 19.2 Å². The van der Waals surface area contributed by atoms with E-state index < -0.39 is 47.8 Å². The molecule has 0 unspecified atom stereocenters. The zero-order valence-electron chi connectivity index (χ0n) is 34.0. The minimum absolute atomic E-state index is 0.191. The maximum Gasteiger partial charge on any atom is 0.271 e. The van der Waals surface area contributed by atoms with Crippen LogP contribution < -0.4 is 21.3 Å². The summed E-state index contributed by atoms with van der Waals surface area (Å²) in [4.78, 5) is 75.5. The molecule has 4 N–H and O–H groups in total. The highest BCUT2D eigenvalue weighted by molar-refractivity contribution is 7.10. The first-order valence-electron chi connectivity index (χ1n) is 20.5. The lowest BCUT2D eigenvalue weighted by molar-refractivity contribution is 0.0923. The molecule has 4 aromatic heterocycles. The molecule has 12 nitrogen and oxygen atoms in total. The molecule has 4 atom stereocenters. The normalized spacial score (nSPS) is 18.2. The highest BCUT2D eigenvalue weighted by Crippen LogP contribution is 2.29. The molecule has 5 heterocycles. The quantitative estimate of drug-likeness (QED) is 0.117. The molecule has 0 saturated heterocycles. The van der Waals surface area contributed by atoms with Crippen LogP contribution in [0.5, 0.6) is 0 Å². The Balaban J connectivity index is 1.09. The average Bonchev–Trinajstić information content (AvgIpc) is 4.17. The van der Waals surface area contributed by atoms with Crippen LogP contribution in [0, 0.1) is 0 Å². The van der Waals surface area contributed by atoms with Crippen LogP contribution in [0.2, 0.25) is 0 Å². The Morgan fingerprint density at radius 3 is 0.734 bits per heavy atom. The van der Waals surface area contributed by atoms with Crippen LogP contribution in [0.1, 0.15) is 108 Å². The van der Waals surface area contributed by atoms with Gasteiger partial charge in [-0.15, -0.1) is 45.3 Å². The Labute approximate surface area is 384 Å². The number of aromatic nitrogens is 4. The zero-order valence-corrected chi connectivity index (χ0v) is 37.3. The van der Waals surface area contributed by atoms with Crippen molar-refractivity contribution in [1.82, 2.24) is 41.2 Å². The van der Waals surface area contributed by atoms with E-state index >= 15 is 0 Å². The van der Waals surface area contributed by atoms with E-state index in [1.807, 2.05) is 121 Å². The first-order chi connectivity index (χ1) is 31.3. The van der Waals surface area contributed by atoms with Crippen LogP contribution in [0.4, 0.5) is 0 Å². The summed E-state index contributed by atoms with van der Waals surface area (Å²) in [5, 5.41) is 21.5. The van der Waals surface area contributed by atoms with Gasteiger partial charge in [0.1, 0.15) is 42.8 Å². The average molecular weight is 921 g/mol. The van der Waals surface area contributed by atoms with Crippen molar-refractivity contribution in [3.8, 4) is 0 Å². The summed E-state index contributed by atoms with van der Waals surface area (Å²) in [6, 6.07) is 36.6. The standard InChI is InChI=1S/C48H40N8O4S4/c57-41-37-26-62-46(54-37)34(22-30-15-7-2-8-16-30)51-43(59)39-28-64-48(56-39)36(24-32-19-11-4-12-20-32)52-44(60)40-27-63-47(55-40)35(23-31-17-9-3-10-18-31)50-42(58)38-25-61-45(53-38)33(49-41)21-29-13-5-1-6-14-29/h1-20,25-28,33-36H,21-24H2,(H,49,57)(H,50,58)(H,51,59)(H,52,60)/t33-,34-,35+,36+. The summed E-state index contributed by atoms with van der Waals surface area (Å²) in [6.45, 7) is 0. The molecule has 4 amide bonds. The fourth-order valence-electron chi connectivity index (χ4n) is 7.34. The van der Waals surface area contributed by atoms with Gasteiger partial charge in [0.2, 0.25) is 0 Å². The van der Waals surface area contributed by atoms with Crippen molar-refractivity contribution in [2.45, 2.75) is 49.9 Å². The lowest BCUT2D eigenvalue weighted by atomic mass is 10.1. The Hall–Kier alpha value is -6.72. The smallest absolute Gasteiger partial charge is 0.271 e. The molecule has 320 valence electrons. The molecule has 9 rings (SSSR count). The number of carbonyl (C=O) groups is 4. The third-order valence-corrected chi connectivity index (χ3v) is 14.4. The summed E-state index contributed by atoms with van der Waals surface area (Å²) < 4.78 is 0. The molecule has 8 bridgehead atoms. The minimum atomic E-state index is -0.596. The van der Waals surface area contributed by atoms with E-state index in [2.05, 4.69) is 21.3 Å². The number of fused-ring (bicyclic) bond motifs is 8. The van der Waals surface area contributed by atoms with Gasteiger partial charge in [-0.1, -0.05) is 121 Å². The largest absolute Gasteiger partial charge is 0.341 e. The molecular weight excluding hydrogens is 881 g/mol. The molecule has 4 aromatic carbocycles. The lowest BCUT2D eigenvalue weighted by Gasteiger charge is -2.18. The summed E-state index contributed by atoms with van der Waals surface area (Å²) >= 11 is 5.12. The Morgan fingerprint density at radius 1 is 0.328 bits per heavy atom. The number of thiazole rings is 4. The minimum Gasteiger partial charge on any atom is -0.341 e. The van der Waals surface area contributed by atoms with Gasteiger partial charge < -0.3 is 21.3 Å². The second kappa shape index (κ2) is 19.8. The molecule has 0 saturated carbocycles. The van der Waals surface area contributed by atoms with Crippen molar-refractivity contribution in [2.24, 2.45) is 0 Å². The van der Waals surface area contributed by atoms with Crippen molar-refractivity contribution < 1.29 is 19.2 Å². The Morgan fingerprint density at radius 2 is 0.531 bits per heavy atom. The van der Waals surface area contributed by atoms with Crippen LogP contribution >= 0.6 is 45.3 Å². The number of amides is 4. The predicted octanol–water partition coefficient (Wildman–Crippen LogP) is 8.68. The van der Waals surface area contributed by atoms with Crippen molar-refractivity contribution in [3.63, 3.8) is 0 Å². The Kier molecular flexibility index (Phi) is 13.1. The van der Waals surface area contributed by atoms with Gasteiger partial charge in [-0.05, 0) is 47.9 Å². The van der Waals surface area contributed by atoms with Gasteiger partial charge in [0.05, 0.1) is 24.2 Å². The number of rotatable bonds is 8. The third-order valence-electron chi connectivity index (χ3n) is 10.6. The van der Waals surface area contributed by atoms with Crippen molar-refractivity contribution in [1.29, 1.82) is 0 Å². The number of nitrogens with one attached hydrogen (secondary N) is 4. The maximum absolute atomic E-state index is 14.1. The Bertz CT molecular complexity index is 2470. The van der Waals surface area contributed by atoms with Gasteiger partial charge in [0.15, 0.2) is 0 Å². The fourth-order valence-corrected chi connectivity index (χ4v) is 10.7. The van der Waals surface area contributed by atoms with E-state index in [4.69, 9.17) is 19.9 Å². The van der Waals surface area contributed by atoms with Crippen LogP contribution in [0.25, 0.3) is 0 Å². The lowest BCUT2D eigenvalue weighted by Crippen LogP contribution is -2.33. The maximum atomic E-state index is 14.1. The predicted molar refractivity (Wildman–Crippen MR) is 250 cm³/mol. The van der Waals surface area contributed by atoms with Crippen LogP contribution in [0.3, 0.4) is 0 Å². The molecule has 0 aliphatic carbocycles. The molecule has 0 radical (unpaired) electrons. The molecule has 8 aromatic rings. The molecule has 64 heavy (non-hydrogen) atoms. The topological polar surface area (TPSA) is 168 Å². The third kappa shape index (κ3) is 10.4. The van der Waals surface area contributed by atoms with Gasteiger partial charge >= 0.3 is 0 Å².